The highest BCUT2D eigenvalue weighted by atomic mass is 32.2. The highest BCUT2D eigenvalue weighted by molar-refractivity contribution is 7.99. The van der Waals surface area contributed by atoms with E-state index >= 15 is 0 Å². The van der Waals surface area contributed by atoms with Crippen molar-refractivity contribution >= 4 is 11.8 Å². The summed E-state index contributed by atoms with van der Waals surface area (Å²) in [5.74, 6) is 1.33. The summed E-state index contributed by atoms with van der Waals surface area (Å²) in [4.78, 5) is 4.52. The predicted octanol–water partition coefficient (Wildman–Crippen LogP) is 3.20. The lowest BCUT2D eigenvalue weighted by Gasteiger charge is -2.23. The van der Waals surface area contributed by atoms with Gasteiger partial charge in [-0.25, -0.2) is 4.98 Å². The smallest absolute Gasteiger partial charge is 0.107 e. The van der Waals surface area contributed by atoms with Crippen LogP contribution in [0.15, 0.2) is 17.2 Å². The number of rotatable bonds is 4. The molecule has 1 aliphatic rings. The van der Waals surface area contributed by atoms with Crippen LogP contribution in [-0.2, 0) is 0 Å². The van der Waals surface area contributed by atoms with E-state index in [9.17, 15) is 5.26 Å². The van der Waals surface area contributed by atoms with Gasteiger partial charge in [0.15, 0.2) is 0 Å². The van der Waals surface area contributed by atoms with E-state index in [2.05, 4.69) is 30.1 Å². The van der Waals surface area contributed by atoms with E-state index in [0.717, 1.165) is 42.2 Å². The highest BCUT2D eigenvalue weighted by Crippen LogP contribution is 2.36. The molecule has 2 unspecified atom stereocenters. The maximum Gasteiger partial charge on any atom is 0.107 e. The minimum Gasteiger partial charge on any atom is -0.313 e. The van der Waals surface area contributed by atoms with Crippen LogP contribution >= 0.6 is 11.8 Å². The standard InChI is InChI=1S/C15H21N3S/c1-11-8-12(2)18-14(9-11)19-7-5-13-4-3-6-15(13,17)10-16/h8-9,13H,3-7,17H2,1-2H3. The molecule has 1 fully saturated rings. The number of pyridine rings is 1. The van der Waals surface area contributed by atoms with Gasteiger partial charge in [-0.05, 0) is 62.5 Å². The molecule has 0 aliphatic heterocycles. The molecule has 0 radical (unpaired) electrons. The van der Waals surface area contributed by atoms with E-state index in [1.54, 1.807) is 11.8 Å². The predicted molar refractivity (Wildman–Crippen MR) is 78.9 cm³/mol. The van der Waals surface area contributed by atoms with Crippen molar-refractivity contribution < 1.29 is 0 Å². The molecule has 1 aromatic rings. The zero-order chi connectivity index (χ0) is 13.9. The summed E-state index contributed by atoms with van der Waals surface area (Å²) in [5, 5.41) is 10.3. The minimum absolute atomic E-state index is 0.343. The largest absolute Gasteiger partial charge is 0.313 e. The van der Waals surface area contributed by atoms with Crippen LogP contribution in [0.25, 0.3) is 0 Å². The second-order valence-electron chi connectivity index (χ2n) is 5.50. The van der Waals surface area contributed by atoms with Gasteiger partial charge in [-0.1, -0.05) is 6.42 Å². The molecule has 2 atom stereocenters. The van der Waals surface area contributed by atoms with Crippen LogP contribution in [0, 0.1) is 31.1 Å². The quantitative estimate of drug-likeness (QED) is 0.857. The van der Waals surface area contributed by atoms with Gasteiger partial charge in [0.2, 0.25) is 0 Å². The second kappa shape index (κ2) is 5.94. The number of nitrogens with two attached hydrogens (primary N) is 1. The number of hydrogen-bond donors (Lipinski definition) is 1. The number of aromatic nitrogens is 1. The van der Waals surface area contributed by atoms with Crippen molar-refractivity contribution in [3.8, 4) is 6.07 Å². The van der Waals surface area contributed by atoms with Crippen LogP contribution in [0.2, 0.25) is 0 Å². The Bertz CT molecular complexity index is 474. The molecule has 2 N–H and O–H groups in total. The fourth-order valence-electron chi connectivity index (χ4n) is 2.84. The Morgan fingerprint density at radius 3 is 3.00 bits per heavy atom. The third-order valence-corrected chi connectivity index (χ3v) is 4.81. The third kappa shape index (κ3) is 3.49. The average Bonchev–Trinajstić information content (AvgIpc) is 2.71. The van der Waals surface area contributed by atoms with Gasteiger partial charge in [-0.3, -0.25) is 0 Å². The number of nitriles is 1. The highest BCUT2D eigenvalue weighted by Gasteiger charge is 2.39. The Labute approximate surface area is 119 Å². The first-order valence-corrected chi connectivity index (χ1v) is 7.80. The van der Waals surface area contributed by atoms with Crippen molar-refractivity contribution in [3.63, 3.8) is 0 Å². The Balaban J connectivity index is 1.88. The van der Waals surface area contributed by atoms with E-state index in [0.29, 0.717) is 5.92 Å². The van der Waals surface area contributed by atoms with Crippen molar-refractivity contribution in [1.29, 1.82) is 5.26 Å². The van der Waals surface area contributed by atoms with Crippen molar-refractivity contribution in [1.82, 2.24) is 4.98 Å². The van der Waals surface area contributed by atoms with E-state index in [1.807, 2.05) is 6.92 Å². The summed E-state index contributed by atoms with van der Waals surface area (Å²) in [5.41, 5.74) is 7.87. The first-order valence-electron chi connectivity index (χ1n) is 6.82. The van der Waals surface area contributed by atoms with Crippen LogP contribution in [0.1, 0.15) is 36.9 Å². The first-order chi connectivity index (χ1) is 9.03. The molecule has 19 heavy (non-hydrogen) atoms. The molecule has 0 spiro atoms. The number of aryl methyl sites for hydroxylation is 2. The number of hydrogen-bond acceptors (Lipinski definition) is 4. The van der Waals surface area contributed by atoms with Crippen molar-refractivity contribution in [2.45, 2.75) is 50.1 Å². The zero-order valence-corrected chi connectivity index (χ0v) is 12.5. The minimum atomic E-state index is -0.587. The van der Waals surface area contributed by atoms with Crippen LogP contribution in [0.4, 0.5) is 0 Å². The Kier molecular flexibility index (Phi) is 4.49. The van der Waals surface area contributed by atoms with E-state index in [4.69, 9.17) is 5.73 Å². The normalized spacial score (nSPS) is 26.3. The topological polar surface area (TPSA) is 62.7 Å². The molecular weight excluding hydrogens is 254 g/mol. The number of thioether (sulfide) groups is 1. The van der Waals surface area contributed by atoms with E-state index in [-0.39, 0.29) is 0 Å². The molecule has 1 saturated carbocycles. The van der Waals surface area contributed by atoms with Gasteiger partial charge in [0.05, 0.1) is 11.1 Å². The molecular formula is C15H21N3S. The Morgan fingerprint density at radius 1 is 1.53 bits per heavy atom. The molecule has 0 aromatic carbocycles. The van der Waals surface area contributed by atoms with Gasteiger partial charge in [0, 0.05) is 5.69 Å². The molecule has 102 valence electrons. The molecule has 4 heteroatoms. The van der Waals surface area contributed by atoms with Crippen molar-refractivity contribution in [3.05, 3.63) is 23.4 Å². The van der Waals surface area contributed by atoms with Gasteiger partial charge in [0.25, 0.3) is 0 Å². The molecule has 2 rings (SSSR count). The van der Waals surface area contributed by atoms with E-state index < -0.39 is 5.54 Å². The van der Waals surface area contributed by atoms with Crippen LogP contribution in [0.3, 0.4) is 0 Å². The second-order valence-corrected chi connectivity index (χ2v) is 6.62. The zero-order valence-electron chi connectivity index (χ0n) is 11.6. The van der Waals surface area contributed by atoms with Gasteiger partial charge in [0.1, 0.15) is 5.54 Å². The SMILES string of the molecule is Cc1cc(C)nc(SCCC2CCCC2(N)C#N)c1. The summed E-state index contributed by atoms with van der Waals surface area (Å²) in [6.07, 6.45) is 4.02. The fraction of sp³-hybridized carbons (Fsp3) is 0.600. The van der Waals surface area contributed by atoms with Gasteiger partial charge in [-0.2, -0.15) is 5.26 Å². The molecule has 0 bridgehead atoms. The molecule has 0 amide bonds. The van der Waals surface area contributed by atoms with Gasteiger partial charge in [-0.15, -0.1) is 11.8 Å². The lowest BCUT2D eigenvalue weighted by molar-refractivity contribution is 0.389. The summed E-state index contributed by atoms with van der Waals surface area (Å²) >= 11 is 1.77. The maximum atomic E-state index is 9.19. The Morgan fingerprint density at radius 2 is 2.32 bits per heavy atom. The van der Waals surface area contributed by atoms with Crippen molar-refractivity contribution in [2.24, 2.45) is 11.7 Å². The molecule has 0 saturated heterocycles. The number of nitrogens with zero attached hydrogens (tertiary/aromatic N) is 2. The van der Waals surface area contributed by atoms with Crippen molar-refractivity contribution in [2.75, 3.05) is 5.75 Å². The lowest BCUT2D eigenvalue weighted by atomic mass is 9.88. The van der Waals surface area contributed by atoms with Gasteiger partial charge < -0.3 is 5.73 Å². The maximum absolute atomic E-state index is 9.19. The molecule has 1 aliphatic carbocycles. The summed E-state index contributed by atoms with van der Waals surface area (Å²) in [6.45, 7) is 4.12. The molecule has 1 aromatic heterocycles. The first kappa shape index (κ1) is 14.4. The monoisotopic (exact) mass is 275 g/mol. The summed E-state index contributed by atoms with van der Waals surface area (Å²) in [6, 6.07) is 6.51. The average molecular weight is 275 g/mol. The van der Waals surface area contributed by atoms with Crippen LogP contribution in [0.5, 0.6) is 0 Å². The molecule has 3 nitrogen and oxygen atoms in total. The summed E-state index contributed by atoms with van der Waals surface area (Å²) < 4.78 is 0. The fourth-order valence-corrected chi connectivity index (χ4v) is 3.93. The van der Waals surface area contributed by atoms with E-state index in [1.165, 1.54) is 5.56 Å². The van der Waals surface area contributed by atoms with Crippen LogP contribution in [-0.4, -0.2) is 16.3 Å². The summed E-state index contributed by atoms with van der Waals surface area (Å²) in [7, 11) is 0. The van der Waals surface area contributed by atoms with Gasteiger partial charge >= 0.3 is 0 Å². The third-order valence-electron chi connectivity index (χ3n) is 3.87. The lowest BCUT2D eigenvalue weighted by Crippen LogP contribution is -2.41. The molecule has 1 heterocycles. The Hall–Kier alpha value is -1.05. The van der Waals surface area contributed by atoms with Crippen LogP contribution < -0.4 is 5.73 Å².